The Balaban J connectivity index is 2.49. The molecule has 68 valence electrons. The van der Waals surface area contributed by atoms with E-state index in [1.54, 1.807) is 0 Å². The predicted octanol–water partition coefficient (Wildman–Crippen LogP) is 2.80. The highest BCUT2D eigenvalue weighted by atomic mass is 32.1. The van der Waals surface area contributed by atoms with E-state index in [1.807, 2.05) is 6.08 Å². The summed E-state index contributed by atoms with van der Waals surface area (Å²) in [5, 5.41) is 0. The van der Waals surface area contributed by atoms with Crippen LogP contribution in [-0.2, 0) is 0 Å². The van der Waals surface area contributed by atoms with Crippen molar-refractivity contribution in [2.24, 2.45) is 11.7 Å². The van der Waals surface area contributed by atoms with Crippen LogP contribution in [0.2, 0.25) is 0 Å². The van der Waals surface area contributed by atoms with Gasteiger partial charge in [0.1, 0.15) is 0 Å². The van der Waals surface area contributed by atoms with Gasteiger partial charge in [-0.25, -0.2) is 0 Å². The third-order valence-corrected chi connectivity index (χ3v) is 2.74. The van der Waals surface area contributed by atoms with Gasteiger partial charge in [0, 0.05) is 0 Å². The average molecular weight is 183 g/mol. The molecule has 0 bridgehead atoms. The van der Waals surface area contributed by atoms with Crippen molar-refractivity contribution in [3.63, 3.8) is 0 Å². The van der Waals surface area contributed by atoms with Crippen LogP contribution >= 0.6 is 12.2 Å². The fourth-order valence-corrected chi connectivity index (χ4v) is 2.09. The van der Waals surface area contributed by atoms with Crippen LogP contribution in [0.25, 0.3) is 0 Å². The van der Waals surface area contributed by atoms with Gasteiger partial charge >= 0.3 is 0 Å². The van der Waals surface area contributed by atoms with Gasteiger partial charge in [-0.3, -0.25) is 0 Å². The second-order valence-corrected chi connectivity index (χ2v) is 4.10. The molecule has 1 aliphatic carbocycles. The van der Waals surface area contributed by atoms with E-state index in [0.29, 0.717) is 4.99 Å². The van der Waals surface area contributed by atoms with Gasteiger partial charge in [0.25, 0.3) is 0 Å². The molecule has 0 saturated heterocycles. The molecule has 0 aliphatic heterocycles. The molecule has 0 unspecified atom stereocenters. The highest BCUT2D eigenvalue weighted by molar-refractivity contribution is 7.80. The molecule has 1 nitrogen and oxygen atoms in total. The van der Waals surface area contributed by atoms with Gasteiger partial charge in [-0.05, 0) is 31.8 Å². The van der Waals surface area contributed by atoms with E-state index in [2.05, 4.69) is 6.92 Å². The molecule has 1 saturated carbocycles. The summed E-state index contributed by atoms with van der Waals surface area (Å²) in [7, 11) is 0. The third kappa shape index (κ3) is 2.94. The largest absolute Gasteiger partial charge is 0.390 e. The lowest BCUT2D eigenvalue weighted by Crippen LogP contribution is -2.11. The second kappa shape index (κ2) is 4.61. The Kier molecular flexibility index (Phi) is 3.73. The Labute approximate surface area is 80.0 Å². The third-order valence-electron chi connectivity index (χ3n) is 2.62. The zero-order valence-corrected chi connectivity index (χ0v) is 8.49. The molecule has 2 N–H and O–H groups in total. The molecule has 0 heterocycles. The molecule has 0 aromatic heterocycles. The van der Waals surface area contributed by atoms with Gasteiger partial charge in [0.05, 0.1) is 4.99 Å². The molecular formula is C10H17NS. The van der Waals surface area contributed by atoms with E-state index in [4.69, 9.17) is 18.0 Å². The second-order valence-electron chi connectivity index (χ2n) is 3.63. The van der Waals surface area contributed by atoms with Crippen LogP contribution in [0.5, 0.6) is 0 Å². The lowest BCUT2D eigenvalue weighted by molar-refractivity contribution is 0.403. The van der Waals surface area contributed by atoms with Crippen molar-refractivity contribution in [3.05, 3.63) is 11.6 Å². The molecule has 0 atom stereocenters. The summed E-state index contributed by atoms with van der Waals surface area (Å²) < 4.78 is 0. The van der Waals surface area contributed by atoms with Crippen molar-refractivity contribution in [2.45, 2.75) is 39.0 Å². The fourth-order valence-electron chi connectivity index (χ4n) is 1.90. The van der Waals surface area contributed by atoms with Crippen molar-refractivity contribution in [2.75, 3.05) is 0 Å². The molecule has 2 heteroatoms. The number of rotatable bonds is 2. The molecule has 1 rings (SSSR count). The van der Waals surface area contributed by atoms with E-state index < -0.39 is 0 Å². The fraction of sp³-hybridized carbons (Fsp3) is 0.700. The Morgan fingerprint density at radius 2 is 1.92 bits per heavy atom. The van der Waals surface area contributed by atoms with E-state index in [9.17, 15) is 0 Å². The van der Waals surface area contributed by atoms with Crippen LogP contribution < -0.4 is 5.73 Å². The normalized spacial score (nSPS) is 20.9. The highest BCUT2D eigenvalue weighted by Gasteiger charge is 2.14. The number of hydrogen-bond donors (Lipinski definition) is 1. The van der Waals surface area contributed by atoms with E-state index in [1.165, 1.54) is 37.7 Å². The standard InChI is InChI=1S/C10H17NS/c1-8(7-10(11)12)9-5-3-2-4-6-9/h7,9H,2-6H2,1H3,(H2,11,12). The first kappa shape index (κ1) is 9.72. The Morgan fingerprint density at radius 3 is 2.42 bits per heavy atom. The summed E-state index contributed by atoms with van der Waals surface area (Å²) in [6.07, 6.45) is 8.73. The summed E-state index contributed by atoms with van der Waals surface area (Å²) in [6.45, 7) is 2.15. The molecule has 0 radical (unpaired) electrons. The van der Waals surface area contributed by atoms with E-state index >= 15 is 0 Å². The van der Waals surface area contributed by atoms with Crippen LogP contribution in [0.1, 0.15) is 39.0 Å². The minimum Gasteiger partial charge on any atom is -0.390 e. The van der Waals surface area contributed by atoms with Crippen LogP contribution in [0.3, 0.4) is 0 Å². The number of thiocarbonyl (C=S) groups is 1. The van der Waals surface area contributed by atoms with E-state index in [-0.39, 0.29) is 0 Å². The van der Waals surface area contributed by atoms with Gasteiger partial charge < -0.3 is 5.73 Å². The SMILES string of the molecule is CC(=CC(N)=S)C1CCCCC1. The zero-order valence-electron chi connectivity index (χ0n) is 7.68. The summed E-state index contributed by atoms with van der Waals surface area (Å²) in [6, 6.07) is 0. The van der Waals surface area contributed by atoms with Crippen LogP contribution in [0, 0.1) is 5.92 Å². The first-order chi connectivity index (χ1) is 5.70. The van der Waals surface area contributed by atoms with Crippen molar-refractivity contribution in [1.29, 1.82) is 0 Å². The Hall–Kier alpha value is -0.370. The molecule has 0 aromatic rings. The van der Waals surface area contributed by atoms with Gasteiger partial charge in [-0.1, -0.05) is 37.1 Å². The molecule has 0 aromatic carbocycles. The number of hydrogen-bond acceptors (Lipinski definition) is 1. The molecule has 1 aliphatic rings. The maximum Gasteiger partial charge on any atom is 0.0961 e. The first-order valence-electron chi connectivity index (χ1n) is 4.68. The Bertz CT molecular complexity index is 190. The quantitative estimate of drug-likeness (QED) is 0.526. The lowest BCUT2D eigenvalue weighted by Gasteiger charge is -2.22. The average Bonchev–Trinajstić information content (AvgIpc) is 2.05. The maximum absolute atomic E-state index is 5.46. The van der Waals surface area contributed by atoms with Gasteiger partial charge in [-0.15, -0.1) is 0 Å². The topological polar surface area (TPSA) is 26.0 Å². The maximum atomic E-state index is 5.46. The van der Waals surface area contributed by atoms with Crippen molar-refractivity contribution < 1.29 is 0 Å². The minimum absolute atomic E-state index is 0.526. The van der Waals surface area contributed by atoms with Crippen molar-refractivity contribution in [1.82, 2.24) is 0 Å². The summed E-state index contributed by atoms with van der Waals surface area (Å²) >= 11 is 4.84. The predicted molar refractivity (Wildman–Crippen MR) is 57.1 cm³/mol. The molecule has 0 spiro atoms. The first-order valence-corrected chi connectivity index (χ1v) is 5.08. The van der Waals surface area contributed by atoms with Gasteiger partial charge in [0.2, 0.25) is 0 Å². The van der Waals surface area contributed by atoms with Crippen molar-refractivity contribution >= 4 is 17.2 Å². The molecule has 0 amide bonds. The number of nitrogens with two attached hydrogens (primary N) is 1. The summed E-state index contributed by atoms with van der Waals surface area (Å²) in [5.74, 6) is 0.750. The Morgan fingerprint density at radius 1 is 1.33 bits per heavy atom. The minimum atomic E-state index is 0.526. The van der Waals surface area contributed by atoms with Crippen LogP contribution in [-0.4, -0.2) is 4.99 Å². The molecule has 1 fully saturated rings. The number of allylic oxidation sites excluding steroid dienone is 1. The van der Waals surface area contributed by atoms with Crippen molar-refractivity contribution in [3.8, 4) is 0 Å². The lowest BCUT2D eigenvalue weighted by atomic mass is 9.84. The van der Waals surface area contributed by atoms with Gasteiger partial charge in [-0.2, -0.15) is 0 Å². The highest BCUT2D eigenvalue weighted by Crippen LogP contribution is 2.29. The van der Waals surface area contributed by atoms with Crippen LogP contribution in [0.15, 0.2) is 11.6 Å². The summed E-state index contributed by atoms with van der Waals surface area (Å²) in [4.78, 5) is 0.526. The van der Waals surface area contributed by atoms with Gasteiger partial charge in [0.15, 0.2) is 0 Å². The molecular weight excluding hydrogens is 166 g/mol. The summed E-state index contributed by atoms with van der Waals surface area (Å²) in [5.41, 5.74) is 6.83. The monoisotopic (exact) mass is 183 g/mol. The van der Waals surface area contributed by atoms with E-state index in [0.717, 1.165) is 5.92 Å². The smallest absolute Gasteiger partial charge is 0.0961 e. The zero-order chi connectivity index (χ0) is 8.97. The van der Waals surface area contributed by atoms with Crippen LogP contribution in [0.4, 0.5) is 0 Å². The molecule has 12 heavy (non-hydrogen) atoms.